The van der Waals surface area contributed by atoms with Crippen LogP contribution in [-0.2, 0) is 32.0 Å². The fraction of sp³-hybridized carbons (Fsp3) is 0.481. The average Bonchev–Trinajstić information content (AvgIpc) is 3.48. The summed E-state index contributed by atoms with van der Waals surface area (Å²) < 4.78 is 0. The number of carbonyl (C=O) groups is 4. The normalized spacial score (nSPS) is 13.6. The molecule has 2 rings (SSSR count). The maximum atomic E-state index is 13.4. The van der Waals surface area contributed by atoms with Crippen LogP contribution in [0.15, 0.2) is 41.8 Å². The number of aliphatic imine (C=N–C) groups is 1. The van der Waals surface area contributed by atoms with E-state index in [0.717, 1.165) is 0 Å². The van der Waals surface area contributed by atoms with E-state index in [-0.39, 0.29) is 43.9 Å². The van der Waals surface area contributed by atoms with Crippen LogP contribution in [0.1, 0.15) is 43.4 Å². The maximum Gasteiger partial charge on any atom is 0.326 e. The number of hydrogen-bond donors (Lipinski definition) is 10. The van der Waals surface area contributed by atoms with Crippen LogP contribution in [0.25, 0.3) is 0 Å². The largest absolute Gasteiger partial charge is 0.508 e. The lowest BCUT2D eigenvalue weighted by molar-refractivity contribution is -0.142. The number of nitrogens with one attached hydrogen (secondary N) is 4. The fourth-order valence-electron chi connectivity index (χ4n) is 4.13. The number of hydrogen-bond acceptors (Lipinski definition) is 9. The Morgan fingerprint density at radius 2 is 1.53 bits per heavy atom. The number of rotatable bonds is 19. The molecule has 2 aromatic rings. The number of carboxylic acid groups (broad SMARTS) is 1. The molecular weight excluding hydrogens is 560 g/mol. The summed E-state index contributed by atoms with van der Waals surface area (Å²) in [6, 6.07) is 1.40. The molecule has 1 aromatic heterocycles. The molecule has 0 saturated carbocycles. The zero-order chi connectivity index (χ0) is 31.8. The van der Waals surface area contributed by atoms with Crippen LogP contribution >= 0.6 is 0 Å². The number of phenolic OH excluding ortho intramolecular Hbond substituents is 1. The van der Waals surface area contributed by atoms with Crippen molar-refractivity contribution in [2.75, 3.05) is 13.1 Å². The van der Waals surface area contributed by atoms with Gasteiger partial charge in [-0.15, -0.1) is 0 Å². The SMILES string of the molecule is NCCCCC(NC(=O)C(N)CCCN=C(N)N)C(=O)NC(Cc1cnc[nH]1)C(=O)NC(Cc1ccc(O)cc1)C(=O)O. The highest BCUT2D eigenvalue weighted by atomic mass is 16.4. The van der Waals surface area contributed by atoms with Crippen molar-refractivity contribution in [1.82, 2.24) is 25.9 Å². The number of imidazole rings is 1. The van der Waals surface area contributed by atoms with Gasteiger partial charge in [-0.1, -0.05) is 12.1 Å². The minimum Gasteiger partial charge on any atom is -0.508 e. The molecule has 4 atom stereocenters. The zero-order valence-electron chi connectivity index (χ0n) is 23.9. The molecule has 0 aliphatic heterocycles. The van der Waals surface area contributed by atoms with Gasteiger partial charge in [-0.3, -0.25) is 19.4 Å². The number of aromatic amines is 1. The summed E-state index contributed by atoms with van der Waals surface area (Å²) in [5, 5.41) is 27.1. The first-order chi connectivity index (χ1) is 20.5. The van der Waals surface area contributed by atoms with Crippen molar-refractivity contribution in [2.24, 2.45) is 27.9 Å². The number of unbranched alkanes of at least 4 members (excludes halogenated alkanes) is 1. The molecule has 3 amide bonds. The van der Waals surface area contributed by atoms with Crippen LogP contribution in [0.2, 0.25) is 0 Å². The molecule has 0 bridgehead atoms. The molecule has 0 aliphatic carbocycles. The summed E-state index contributed by atoms with van der Waals surface area (Å²) in [5.41, 5.74) is 23.3. The predicted octanol–water partition coefficient (Wildman–Crippen LogP) is -2.05. The van der Waals surface area contributed by atoms with E-state index >= 15 is 0 Å². The van der Waals surface area contributed by atoms with Crippen molar-refractivity contribution >= 4 is 29.7 Å². The summed E-state index contributed by atoms with van der Waals surface area (Å²) in [5.74, 6) is -3.30. The molecule has 43 heavy (non-hydrogen) atoms. The van der Waals surface area contributed by atoms with Gasteiger partial charge >= 0.3 is 5.97 Å². The van der Waals surface area contributed by atoms with Gasteiger partial charge in [-0.2, -0.15) is 0 Å². The van der Waals surface area contributed by atoms with E-state index in [1.54, 1.807) is 12.1 Å². The Morgan fingerprint density at radius 1 is 0.884 bits per heavy atom. The molecule has 16 nitrogen and oxygen atoms in total. The summed E-state index contributed by atoms with van der Waals surface area (Å²) in [4.78, 5) is 62.2. The van der Waals surface area contributed by atoms with Crippen molar-refractivity contribution in [1.29, 1.82) is 0 Å². The van der Waals surface area contributed by atoms with Gasteiger partial charge in [-0.25, -0.2) is 9.78 Å². The van der Waals surface area contributed by atoms with Crippen molar-refractivity contribution < 1.29 is 29.4 Å². The van der Waals surface area contributed by atoms with Crippen molar-refractivity contribution in [3.63, 3.8) is 0 Å². The van der Waals surface area contributed by atoms with E-state index in [9.17, 15) is 29.4 Å². The second-order valence-electron chi connectivity index (χ2n) is 10.0. The van der Waals surface area contributed by atoms with Crippen LogP contribution in [0.4, 0.5) is 0 Å². The van der Waals surface area contributed by atoms with E-state index in [2.05, 4.69) is 30.9 Å². The average molecular weight is 603 g/mol. The Kier molecular flexibility index (Phi) is 14.4. The van der Waals surface area contributed by atoms with Gasteiger partial charge in [0, 0.05) is 31.3 Å². The Bertz CT molecular complexity index is 1200. The molecule has 0 spiro atoms. The number of carboxylic acids is 1. The molecule has 0 saturated heterocycles. The third kappa shape index (κ3) is 12.8. The summed E-state index contributed by atoms with van der Waals surface area (Å²) in [7, 11) is 0. The van der Waals surface area contributed by atoms with Gasteiger partial charge in [0.15, 0.2) is 5.96 Å². The lowest BCUT2D eigenvalue weighted by atomic mass is 10.0. The third-order valence-corrected chi connectivity index (χ3v) is 6.49. The number of guanidine groups is 1. The van der Waals surface area contributed by atoms with Crippen LogP contribution in [0, 0.1) is 0 Å². The van der Waals surface area contributed by atoms with E-state index in [4.69, 9.17) is 22.9 Å². The molecule has 1 aromatic carbocycles. The van der Waals surface area contributed by atoms with Gasteiger partial charge in [0.1, 0.15) is 23.9 Å². The Morgan fingerprint density at radius 3 is 2.14 bits per heavy atom. The monoisotopic (exact) mass is 602 g/mol. The number of carbonyl (C=O) groups excluding carboxylic acids is 3. The van der Waals surface area contributed by atoms with E-state index in [1.165, 1.54) is 24.7 Å². The Hall–Kier alpha value is -4.70. The summed E-state index contributed by atoms with van der Waals surface area (Å²) in [6.45, 7) is 0.674. The van der Waals surface area contributed by atoms with Crippen molar-refractivity contribution in [3.8, 4) is 5.75 Å². The second kappa shape index (κ2) is 18.0. The standard InChI is InChI=1S/C27H42N10O6/c28-10-2-1-5-20(35-23(39)19(29)4-3-11-33-27(30)31)24(40)36-21(13-17-14-32-15-34-17)25(41)37-22(26(42)43)12-16-6-8-18(38)9-7-16/h6-9,14-15,19-22,38H,1-5,10-13,28-29H2,(H,32,34)(H,35,39)(H,36,40)(H,37,41)(H,42,43)(H4,30,31,33). The van der Waals surface area contributed by atoms with Crippen LogP contribution in [-0.4, -0.2) is 87.1 Å². The smallest absolute Gasteiger partial charge is 0.326 e. The number of aromatic nitrogens is 2. The summed E-state index contributed by atoms with van der Waals surface area (Å²) in [6.07, 6.45) is 4.83. The number of H-pyrrole nitrogens is 1. The first kappa shape index (κ1) is 34.5. The highest BCUT2D eigenvalue weighted by Crippen LogP contribution is 2.12. The second-order valence-corrected chi connectivity index (χ2v) is 10.0. The first-order valence-electron chi connectivity index (χ1n) is 13.9. The lowest BCUT2D eigenvalue weighted by Crippen LogP contribution is -2.57. The number of aromatic hydroxyl groups is 1. The molecule has 0 fully saturated rings. The van der Waals surface area contributed by atoms with Crippen molar-refractivity contribution in [2.45, 2.75) is 69.1 Å². The van der Waals surface area contributed by atoms with Crippen molar-refractivity contribution in [3.05, 3.63) is 48.0 Å². The minimum absolute atomic E-state index is 0.0157. The maximum absolute atomic E-state index is 13.4. The van der Waals surface area contributed by atoms with Gasteiger partial charge < -0.3 is 54.1 Å². The van der Waals surface area contributed by atoms with Gasteiger partial charge in [0.05, 0.1) is 12.4 Å². The van der Waals surface area contributed by atoms with E-state index in [1.807, 2.05) is 0 Å². The highest BCUT2D eigenvalue weighted by molar-refractivity contribution is 5.94. The number of phenols is 1. The fourth-order valence-corrected chi connectivity index (χ4v) is 4.13. The number of aliphatic carboxylic acids is 1. The first-order valence-corrected chi connectivity index (χ1v) is 13.9. The third-order valence-electron chi connectivity index (χ3n) is 6.49. The summed E-state index contributed by atoms with van der Waals surface area (Å²) >= 11 is 0. The molecular formula is C27H42N10O6. The molecule has 16 heteroatoms. The molecule has 1 heterocycles. The molecule has 4 unspecified atom stereocenters. The van der Waals surface area contributed by atoms with Gasteiger partial charge in [0.25, 0.3) is 0 Å². The Labute approximate surface area is 249 Å². The van der Waals surface area contributed by atoms with E-state index < -0.39 is 47.9 Å². The van der Waals surface area contributed by atoms with E-state index in [0.29, 0.717) is 37.1 Å². The number of nitrogens with two attached hydrogens (primary N) is 4. The number of amides is 3. The topological polar surface area (TPSA) is 290 Å². The lowest BCUT2D eigenvalue weighted by Gasteiger charge is -2.25. The Balaban J connectivity index is 2.16. The van der Waals surface area contributed by atoms with Gasteiger partial charge in [0.2, 0.25) is 17.7 Å². The van der Waals surface area contributed by atoms with Crippen LogP contribution in [0.5, 0.6) is 5.75 Å². The molecule has 0 radical (unpaired) electrons. The molecule has 236 valence electrons. The van der Waals surface area contributed by atoms with Crippen LogP contribution in [0.3, 0.4) is 0 Å². The van der Waals surface area contributed by atoms with Crippen LogP contribution < -0.4 is 38.9 Å². The molecule has 0 aliphatic rings. The number of nitrogens with zero attached hydrogens (tertiary/aromatic N) is 2. The quantitative estimate of drug-likeness (QED) is 0.0474. The highest BCUT2D eigenvalue weighted by Gasteiger charge is 2.30. The predicted molar refractivity (Wildman–Crippen MR) is 158 cm³/mol. The minimum atomic E-state index is -1.32. The van der Waals surface area contributed by atoms with Gasteiger partial charge in [-0.05, 0) is 56.3 Å². The zero-order valence-corrected chi connectivity index (χ0v) is 23.9. The number of benzene rings is 1. The molecule has 14 N–H and O–H groups in total.